The summed E-state index contributed by atoms with van der Waals surface area (Å²) in [6.07, 6.45) is 1.27. The number of rotatable bonds is 5. The van der Waals surface area contributed by atoms with E-state index >= 15 is 0 Å². The van der Waals surface area contributed by atoms with Gasteiger partial charge in [0.2, 0.25) is 5.91 Å². The van der Waals surface area contributed by atoms with Crippen LogP contribution in [0.25, 0.3) is 0 Å². The molecule has 1 amide bonds. The summed E-state index contributed by atoms with van der Waals surface area (Å²) in [6.45, 7) is 6.24. The molecule has 0 aliphatic carbocycles. The Morgan fingerprint density at radius 3 is 2.71 bits per heavy atom. The molecule has 82 valence electrons. The highest BCUT2D eigenvalue weighted by Gasteiger charge is 2.33. The summed E-state index contributed by atoms with van der Waals surface area (Å²) in [5.41, 5.74) is 5.72. The van der Waals surface area contributed by atoms with Crippen molar-refractivity contribution in [2.75, 3.05) is 19.8 Å². The fourth-order valence-electron chi connectivity index (χ4n) is 1.31. The molecule has 0 radical (unpaired) electrons. The van der Waals surface area contributed by atoms with Gasteiger partial charge < -0.3 is 15.8 Å². The largest absolute Gasteiger partial charge is 0.380 e. The standard InChI is InChI=1S/C10H20N2O2/c1-8(11)3-4-9(13)12-5-10(2)6-14-7-10/h8H,3-7,11H2,1-2H3,(H,12,13). The molecule has 1 unspecified atom stereocenters. The molecule has 1 aliphatic heterocycles. The zero-order valence-corrected chi connectivity index (χ0v) is 9.01. The number of carbonyl (C=O) groups is 1. The maximum Gasteiger partial charge on any atom is 0.220 e. The Bertz CT molecular complexity index is 200. The molecular formula is C10H20N2O2. The van der Waals surface area contributed by atoms with Crippen LogP contribution in [0.1, 0.15) is 26.7 Å². The van der Waals surface area contributed by atoms with Gasteiger partial charge in [-0.1, -0.05) is 6.92 Å². The Kier molecular flexibility index (Phi) is 3.89. The van der Waals surface area contributed by atoms with Gasteiger partial charge in [0, 0.05) is 24.4 Å². The molecule has 3 N–H and O–H groups in total. The molecule has 0 aromatic heterocycles. The molecule has 0 aromatic rings. The van der Waals surface area contributed by atoms with Crippen LogP contribution in [-0.2, 0) is 9.53 Å². The maximum atomic E-state index is 11.3. The molecule has 1 heterocycles. The molecule has 1 atom stereocenters. The van der Waals surface area contributed by atoms with E-state index in [1.165, 1.54) is 0 Å². The first-order valence-corrected chi connectivity index (χ1v) is 5.12. The summed E-state index contributed by atoms with van der Waals surface area (Å²) in [4.78, 5) is 11.3. The number of amides is 1. The molecule has 0 spiro atoms. The van der Waals surface area contributed by atoms with Crippen molar-refractivity contribution in [3.8, 4) is 0 Å². The van der Waals surface area contributed by atoms with Crippen LogP contribution < -0.4 is 11.1 Å². The van der Waals surface area contributed by atoms with Gasteiger partial charge in [0.05, 0.1) is 13.2 Å². The van der Waals surface area contributed by atoms with Crippen molar-refractivity contribution in [1.82, 2.24) is 5.32 Å². The zero-order valence-electron chi connectivity index (χ0n) is 9.01. The first kappa shape index (κ1) is 11.5. The lowest BCUT2D eigenvalue weighted by Crippen LogP contribution is -2.48. The van der Waals surface area contributed by atoms with Gasteiger partial charge in [0.1, 0.15) is 0 Å². The minimum Gasteiger partial charge on any atom is -0.380 e. The minimum atomic E-state index is 0.0930. The monoisotopic (exact) mass is 200 g/mol. The van der Waals surface area contributed by atoms with E-state index in [0.717, 1.165) is 19.6 Å². The summed E-state index contributed by atoms with van der Waals surface area (Å²) < 4.78 is 5.10. The lowest BCUT2D eigenvalue weighted by atomic mass is 9.89. The second-order valence-electron chi connectivity index (χ2n) is 4.60. The molecule has 4 nitrogen and oxygen atoms in total. The van der Waals surface area contributed by atoms with E-state index in [1.54, 1.807) is 0 Å². The molecule has 1 rings (SSSR count). The number of carbonyl (C=O) groups excluding carboxylic acids is 1. The second-order valence-corrected chi connectivity index (χ2v) is 4.60. The highest BCUT2D eigenvalue weighted by molar-refractivity contribution is 5.75. The van der Waals surface area contributed by atoms with Crippen LogP contribution in [0.4, 0.5) is 0 Å². The second kappa shape index (κ2) is 4.75. The molecular weight excluding hydrogens is 180 g/mol. The Morgan fingerprint density at radius 2 is 2.29 bits per heavy atom. The smallest absolute Gasteiger partial charge is 0.220 e. The quantitative estimate of drug-likeness (QED) is 0.669. The average Bonchev–Trinajstić information content (AvgIpc) is 2.08. The molecule has 1 aliphatic rings. The van der Waals surface area contributed by atoms with Crippen LogP contribution in [0.15, 0.2) is 0 Å². The highest BCUT2D eigenvalue weighted by Crippen LogP contribution is 2.24. The van der Waals surface area contributed by atoms with Gasteiger partial charge in [0.25, 0.3) is 0 Å². The number of ether oxygens (including phenoxy) is 1. The summed E-state index contributed by atoms with van der Waals surface area (Å²) in [6, 6.07) is 0.100. The van der Waals surface area contributed by atoms with Gasteiger partial charge in [-0.15, -0.1) is 0 Å². The normalized spacial score (nSPS) is 21.1. The Morgan fingerprint density at radius 1 is 1.64 bits per heavy atom. The van der Waals surface area contributed by atoms with E-state index in [2.05, 4.69) is 12.2 Å². The number of hydrogen-bond acceptors (Lipinski definition) is 3. The molecule has 0 bridgehead atoms. The molecule has 1 saturated heterocycles. The molecule has 0 saturated carbocycles. The third-order valence-corrected chi connectivity index (χ3v) is 2.44. The van der Waals surface area contributed by atoms with Gasteiger partial charge in [-0.3, -0.25) is 4.79 Å². The van der Waals surface area contributed by atoms with Crippen molar-refractivity contribution in [2.45, 2.75) is 32.7 Å². The van der Waals surface area contributed by atoms with Gasteiger partial charge in [0.15, 0.2) is 0 Å². The van der Waals surface area contributed by atoms with E-state index in [9.17, 15) is 4.79 Å². The number of nitrogens with one attached hydrogen (secondary N) is 1. The first-order chi connectivity index (χ1) is 6.52. The summed E-state index contributed by atoms with van der Waals surface area (Å²) >= 11 is 0. The molecule has 4 heteroatoms. The fourth-order valence-corrected chi connectivity index (χ4v) is 1.31. The van der Waals surface area contributed by atoms with Gasteiger partial charge in [-0.2, -0.15) is 0 Å². The van der Waals surface area contributed by atoms with Crippen LogP contribution in [0.5, 0.6) is 0 Å². The van der Waals surface area contributed by atoms with Crippen molar-refractivity contribution in [1.29, 1.82) is 0 Å². The van der Waals surface area contributed by atoms with Crippen molar-refractivity contribution >= 4 is 5.91 Å². The lowest BCUT2D eigenvalue weighted by Gasteiger charge is -2.38. The van der Waals surface area contributed by atoms with E-state index < -0.39 is 0 Å². The van der Waals surface area contributed by atoms with Crippen LogP contribution in [-0.4, -0.2) is 31.7 Å². The maximum absolute atomic E-state index is 11.3. The fraction of sp³-hybridized carbons (Fsp3) is 0.900. The van der Waals surface area contributed by atoms with Gasteiger partial charge >= 0.3 is 0 Å². The Labute approximate surface area is 85.2 Å². The first-order valence-electron chi connectivity index (χ1n) is 5.12. The summed E-state index contributed by atoms with van der Waals surface area (Å²) in [5, 5.41) is 2.91. The van der Waals surface area contributed by atoms with Crippen LogP contribution >= 0.6 is 0 Å². The Hall–Kier alpha value is -0.610. The van der Waals surface area contributed by atoms with Crippen molar-refractivity contribution < 1.29 is 9.53 Å². The third kappa shape index (κ3) is 3.64. The number of nitrogens with two attached hydrogens (primary N) is 1. The van der Waals surface area contributed by atoms with Crippen molar-refractivity contribution in [3.63, 3.8) is 0 Å². The summed E-state index contributed by atoms with van der Waals surface area (Å²) in [7, 11) is 0. The lowest BCUT2D eigenvalue weighted by molar-refractivity contribution is -0.126. The highest BCUT2D eigenvalue weighted by atomic mass is 16.5. The predicted octanol–water partition coefficient (Wildman–Crippen LogP) is 0.267. The molecule has 0 aromatic carbocycles. The van der Waals surface area contributed by atoms with E-state index in [0.29, 0.717) is 13.0 Å². The summed E-state index contributed by atoms with van der Waals surface area (Å²) in [5.74, 6) is 0.0930. The number of hydrogen-bond donors (Lipinski definition) is 2. The average molecular weight is 200 g/mol. The molecule has 1 fully saturated rings. The predicted molar refractivity (Wildman–Crippen MR) is 54.8 cm³/mol. The van der Waals surface area contributed by atoms with E-state index in [4.69, 9.17) is 10.5 Å². The van der Waals surface area contributed by atoms with Crippen LogP contribution in [0, 0.1) is 5.41 Å². The zero-order chi connectivity index (χ0) is 10.6. The molecule has 14 heavy (non-hydrogen) atoms. The van der Waals surface area contributed by atoms with Crippen LogP contribution in [0.3, 0.4) is 0 Å². The Balaban J connectivity index is 2.08. The van der Waals surface area contributed by atoms with Crippen molar-refractivity contribution in [2.24, 2.45) is 11.1 Å². The van der Waals surface area contributed by atoms with E-state index in [1.807, 2.05) is 6.92 Å². The minimum absolute atomic E-state index is 0.0930. The topological polar surface area (TPSA) is 64.4 Å². The van der Waals surface area contributed by atoms with Gasteiger partial charge in [-0.25, -0.2) is 0 Å². The van der Waals surface area contributed by atoms with E-state index in [-0.39, 0.29) is 17.4 Å². The SMILES string of the molecule is CC(N)CCC(=O)NCC1(C)COC1. The third-order valence-electron chi connectivity index (χ3n) is 2.44. The van der Waals surface area contributed by atoms with Gasteiger partial charge in [-0.05, 0) is 13.3 Å². The van der Waals surface area contributed by atoms with Crippen LogP contribution in [0.2, 0.25) is 0 Å². The van der Waals surface area contributed by atoms with Crippen molar-refractivity contribution in [3.05, 3.63) is 0 Å².